The smallest absolute Gasteiger partial charge is 0.306 e. The van der Waals surface area contributed by atoms with Crippen molar-refractivity contribution in [2.24, 2.45) is 5.41 Å². The Kier molecular flexibility index (Phi) is 18.0. The average Bonchev–Trinajstić information content (AvgIpc) is 1.55. The Balaban J connectivity index is 0.701. The molecule has 3 heterocycles. The summed E-state index contributed by atoms with van der Waals surface area (Å²) in [7, 11) is 2.72. The van der Waals surface area contributed by atoms with E-state index >= 15 is 0 Å². The number of aromatic nitrogens is 2. The summed E-state index contributed by atoms with van der Waals surface area (Å²) in [6.45, 7) is 20.2. The number of carbonyl (C=O) groups excluding carboxylic acids is 2. The topological polar surface area (TPSA) is 84.9 Å². The molecule has 14 rings (SSSR count). The van der Waals surface area contributed by atoms with Crippen molar-refractivity contribution in [2.45, 2.75) is 117 Å². The normalized spacial score (nSPS) is 14.0. The number of Topliss-reactive ketones (excluding diaryl/α,β-unsaturated/α-hetero) is 1. The highest BCUT2D eigenvalue weighted by atomic mass is 32.1. The Labute approximate surface area is 585 Å². The molecule has 0 N–H and O–H groups in total. The van der Waals surface area contributed by atoms with Crippen molar-refractivity contribution >= 4 is 101 Å². The van der Waals surface area contributed by atoms with E-state index in [0.29, 0.717) is 31.7 Å². The molecule has 0 amide bonds. The van der Waals surface area contributed by atoms with Gasteiger partial charge in [-0.25, -0.2) is 0 Å². The van der Waals surface area contributed by atoms with Gasteiger partial charge >= 0.3 is 5.97 Å². The predicted molar refractivity (Wildman–Crippen MR) is 410 cm³/mol. The quantitative estimate of drug-likeness (QED) is 0.0356. The van der Waals surface area contributed by atoms with Gasteiger partial charge in [-0.15, -0.1) is 31.9 Å². The number of rotatable bonds is 23. The molecular weight excluding hydrogens is 1270 g/mol. The van der Waals surface area contributed by atoms with Crippen molar-refractivity contribution in [3.8, 4) is 64.0 Å². The Hall–Kier alpha value is -8.67. The number of hydrogen-bond acceptors (Lipinski definition) is 11. The van der Waals surface area contributed by atoms with Crippen LogP contribution in [-0.2, 0) is 42.7 Å². The summed E-state index contributed by atoms with van der Waals surface area (Å²) in [5.74, 6) is 0.0851. The largest absolute Gasteiger partial charge is 0.463 e. The molecule has 0 aliphatic heterocycles. The summed E-state index contributed by atoms with van der Waals surface area (Å²) in [5, 5.41) is -0.320. The fourth-order valence-corrected chi connectivity index (χ4v) is 16.7. The van der Waals surface area contributed by atoms with E-state index in [-0.39, 0.29) is 34.2 Å². The fraction of sp³-hybridized carbons (Fsp3) is 0.247. The molecule has 2 unspecified atom stereocenters. The Bertz CT molecular complexity index is 4910. The van der Waals surface area contributed by atoms with Crippen molar-refractivity contribution in [3.63, 3.8) is 0 Å². The van der Waals surface area contributed by atoms with Crippen LogP contribution in [0.25, 0.3) is 75.0 Å². The number of nitrogens with zero attached hydrogens (tertiary/aromatic N) is 4. The first kappa shape index (κ1) is 65.6. The maximum Gasteiger partial charge on any atom is 0.306 e. The van der Waals surface area contributed by atoms with E-state index < -0.39 is 0 Å². The maximum absolute atomic E-state index is 13.1. The van der Waals surface area contributed by atoms with Gasteiger partial charge in [-0.1, -0.05) is 177 Å². The number of anilines is 6. The molecule has 2 aliphatic rings. The van der Waals surface area contributed by atoms with E-state index in [4.69, 9.17) is 18.2 Å². The van der Waals surface area contributed by atoms with Gasteiger partial charge in [0.15, 0.2) is 0 Å². The van der Waals surface area contributed by atoms with Crippen LogP contribution in [-0.4, -0.2) is 39.1 Å². The van der Waals surface area contributed by atoms with E-state index in [9.17, 15) is 9.59 Å². The molecule has 8 nitrogen and oxygen atoms in total. The molecule has 12 heteroatoms. The van der Waals surface area contributed by atoms with Crippen LogP contribution in [0.2, 0.25) is 0 Å². The number of ether oxygens (including phenoxy) is 2. The lowest BCUT2D eigenvalue weighted by Crippen LogP contribution is -2.23. The van der Waals surface area contributed by atoms with Crippen molar-refractivity contribution in [1.82, 2.24) is 8.75 Å². The van der Waals surface area contributed by atoms with Crippen LogP contribution < -0.4 is 9.80 Å². The van der Waals surface area contributed by atoms with Gasteiger partial charge in [0, 0.05) is 93.8 Å². The highest BCUT2D eigenvalue weighted by molar-refractivity contribution is 7.19. The van der Waals surface area contributed by atoms with Crippen LogP contribution in [0.4, 0.5) is 34.1 Å². The van der Waals surface area contributed by atoms with Crippen LogP contribution in [0.1, 0.15) is 121 Å². The van der Waals surface area contributed by atoms with E-state index in [1.54, 1.807) is 22.7 Å². The van der Waals surface area contributed by atoms with Crippen LogP contribution in [0.15, 0.2) is 218 Å². The number of fused-ring (bicyclic) bond motifs is 7. The molecule has 0 saturated heterocycles. The summed E-state index contributed by atoms with van der Waals surface area (Å²) in [6, 6.07) is 80.0. The second-order valence-corrected chi connectivity index (χ2v) is 31.7. The summed E-state index contributed by atoms with van der Waals surface area (Å²) in [6.07, 6.45) is 3.82. The molecule has 12 aromatic rings. The molecule has 3 aromatic heterocycles. The third kappa shape index (κ3) is 12.9. The Morgan fingerprint density at radius 1 is 0.443 bits per heavy atom. The minimum Gasteiger partial charge on any atom is -0.463 e. The van der Waals surface area contributed by atoms with Crippen molar-refractivity contribution in [1.29, 1.82) is 0 Å². The monoisotopic (exact) mass is 1350 g/mol. The molecule has 0 fully saturated rings. The lowest BCUT2D eigenvalue weighted by atomic mass is 9.82. The molecule has 97 heavy (non-hydrogen) atoms. The molecule has 9 aromatic carbocycles. The van der Waals surface area contributed by atoms with Crippen molar-refractivity contribution in [3.05, 3.63) is 252 Å². The molecule has 2 atom stereocenters. The third-order valence-corrected chi connectivity index (χ3v) is 23.8. The van der Waals surface area contributed by atoms with Crippen molar-refractivity contribution < 1.29 is 19.1 Å². The molecular formula is C85H81N4O4PS3. The molecule has 0 saturated carbocycles. The standard InChI is InChI=1S/C85H81N4O4PS3/c1-10-82(3,4)78(90)48-24-54-20-30-58(31-21-54)88(62-38-40-66-64-16-12-14-18-70(64)83(5,6)72(66)52-62)60-34-26-56(27-35-60)74-44-46-76(95-74)68-42-43-69(81-80(68)86-97-87-81)77-47-45-75(96-77)57-28-36-61(37-29-57)89(63-39-41-67-65-17-13-15-19-71(65)84(7,8)73(67)53-63)59-32-22-55(23-33-59)25-49-79(91)92-50-51-93-85(9,94)11-2/h12-23,26-47,52-53H,10-11,24-25,48-51,94H2,1-9H3. The molecule has 0 radical (unpaired) electrons. The molecule has 2 aliphatic carbocycles. The van der Waals surface area contributed by atoms with Gasteiger partial charge in [-0.3, -0.25) is 9.59 Å². The van der Waals surface area contributed by atoms with Crippen LogP contribution >= 0.6 is 43.6 Å². The van der Waals surface area contributed by atoms with E-state index in [1.165, 1.54) is 61.1 Å². The third-order valence-electron chi connectivity index (χ3n) is 20.4. The number of benzene rings is 9. The first-order chi connectivity index (χ1) is 46.8. The second-order valence-electron chi connectivity index (χ2n) is 27.7. The first-order valence-corrected chi connectivity index (χ1v) is 36.8. The van der Waals surface area contributed by atoms with Gasteiger partial charge in [0.25, 0.3) is 0 Å². The van der Waals surface area contributed by atoms with Crippen molar-refractivity contribution in [2.75, 3.05) is 23.0 Å². The van der Waals surface area contributed by atoms with Gasteiger partial charge in [-0.05, 0) is 196 Å². The fourth-order valence-electron chi connectivity index (χ4n) is 13.9. The first-order valence-electron chi connectivity index (χ1n) is 33.8. The zero-order valence-electron chi connectivity index (χ0n) is 56.7. The average molecular weight is 1350 g/mol. The van der Waals surface area contributed by atoms with Crippen LogP contribution in [0.5, 0.6) is 0 Å². The number of hydrogen-bond donors (Lipinski definition) is 0. The van der Waals surface area contributed by atoms with Crippen LogP contribution in [0.3, 0.4) is 0 Å². The summed E-state index contributed by atoms with van der Waals surface area (Å²) in [4.78, 5) is 35.2. The lowest BCUT2D eigenvalue weighted by molar-refractivity contribution is -0.146. The molecule has 0 spiro atoms. The Morgan fingerprint density at radius 3 is 1.28 bits per heavy atom. The van der Waals surface area contributed by atoms with Gasteiger partial charge in [0.2, 0.25) is 0 Å². The number of esters is 1. The summed E-state index contributed by atoms with van der Waals surface area (Å²) < 4.78 is 21.3. The Morgan fingerprint density at radius 2 is 0.835 bits per heavy atom. The zero-order valence-corrected chi connectivity index (χ0v) is 60.3. The summed E-state index contributed by atoms with van der Waals surface area (Å²) >= 11 is 4.80. The highest BCUT2D eigenvalue weighted by Crippen LogP contribution is 2.53. The minimum absolute atomic E-state index is 0.148. The van der Waals surface area contributed by atoms with E-state index in [0.717, 1.165) is 112 Å². The van der Waals surface area contributed by atoms with Gasteiger partial charge < -0.3 is 19.3 Å². The number of ketones is 1. The van der Waals surface area contributed by atoms with Gasteiger partial charge in [0.1, 0.15) is 23.4 Å². The van der Waals surface area contributed by atoms with E-state index in [1.807, 2.05) is 6.92 Å². The maximum atomic E-state index is 13.1. The van der Waals surface area contributed by atoms with Gasteiger partial charge in [-0.2, -0.15) is 8.75 Å². The van der Waals surface area contributed by atoms with Gasteiger partial charge in [0.05, 0.1) is 23.7 Å². The van der Waals surface area contributed by atoms with Crippen LogP contribution in [0, 0.1) is 5.41 Å². The molecule has 488 valence electrons. The number of carbonyl (C=O) groups is 2. The SMILES string of the molecule is CCC(C)(P)OCCOC(=O)CCc1ccc(N(c2ccc(-c3ccc(-c4ccc(-c5ccc(-c6ccc(N(c7ccc(CCC(=O)C(C)(C)CC)cc7)c7ccc8c(c7)C(C)(C)c7ccccc7-8)cc6)s5)c5nsnc45)s3)cc2)c2ccc3c(c2)C(C)(C)c2ccccc2-3)cc1. The predicted octanol–water partition coefficient (Wildman–Crippen LogP) is 23.5. The minimum atomic E-state index is -0.320. The number of thiophene rings is 2. The highest BCUT2D eigenvalue weighted by Gasteiger charge is 2.38. The zero-order chi connectivity index (χ0) is 67.4. The lowest BCUT2D eigenvalue weighted by Gasteiger charge is -2.28. The van der Waals surface area contributed by atoms with E-state index in [2.05, 4.69) is 293 Å². The molecule has 0 bridgehead atoms. The second kappa shape index (κ2) is 26.6. The number of aryl methyl sites for hydroxylation is 2. The summed E-state index contributed by atoms with van der Waals surface area (Å²) in [5.41, 5.74) is 24.7.